The minimum Gasteiger partial charge on any atom is -0.496 e. The third kappa shape index (κ3) is 4.39. The molecule has 0 unspecified atom stereocenters. The van der Waals surface area contributed by atoms with Crippen LogP contribution in [0, 0.1) is 13.8 Å². The van der Waals surface area contributed by atoms with Crippen LogP contribution in [0.2, 0.25) is 0 Å². The molecule has 1 rings (SSSR count). The Balaban J connectivity index is 2.78. The van der Waals surface area contributed by atoms with Crippen molar-refractivity contribution in [2.45, 2.75) is 40.5 Å². The lowest BCUT2D eigenvalue weighted by Gasteiger charge is -2.14. The number of benzene rings is 1. The Hall–Kier alpha value is -1.28. The fraction of sp³-hybridized carbons (Fsp3) is 0.529. The van der Waals surface area contributed by atoms with Gasteiger partial charge in [0.2, 0.25) is 0 Å². The predicted molar refractivity (Wildman–Crippen MR) is 83.9 cm³/mol. The van der Waals surface area contributed by atoms with E-state index in [1.54, 1.807) is 7.11 Å². The second-order valence-corrected chi connectivity index (χ2v) is 5.01. The molecule has 2 nitrogen and oxygen atoms in total. The van der Waals surface area contributed by atoms with Crippen molar-refractivity contribution in [1.29, 1.82) is 0 Å². The van der Waals surface area contributed by atoms with Crippen LogP contribution < -0.4 is 10.1 Å². The first-order chi connectivity index (χ1) is 9.11. The summed E-state index contributed by atoms with van der Waals surface area (Å²) in [6.07, 6.45) is 4.53. The van der Waals surface area contributed by atoms with E-state index in [1.165, 1.54) is 28.7 Å². The molecule has 0 radical (unpaired) electrons. The molecule has 0 aliphatic heterocycles. The summed E-state index contributed by atoms with van der Waals surface area (Å²) in [7, 11) is 1.75. The van der Waals surface area contributed by atoms with Gasteiger partial charge >= 0.3 is 0 Å². The zero-order valence-corrected chi connectivity index (χ0v) is 13.0. The Morgan fingerprint density at radius 3 is 2.63 bits per heavy atom. The van der Waals surface area contributed by atoms with Gasteiger partial charge in [-0.25, -0.2) is 0 Å². The van der Waals surface area contributed by atoms with E-state index in [2.05, 4.69) is 51.2 Å². The molecule has 0 heterocycles. The molecule has 1 N–H and O–H groups in total. The number of hydrogen-bond acceptors (Lipinski definition) is 2. The van der Waals surface area contributed by atoms with Crippen molar-refractivity contribution in [1.82, 2.24) is 5.32 Å². The van der Waals surface area contributed by atoms with Gasteiger partial charge in [-0.2, -0.15) is 0 Å². The molecular weight excluding hydrogens is 234 g/mol. The lowest BCUT2D eigenvalue weighted by atomic mass is 9.99. The maximum Gasteiger partial charge on any atom is 0.129 e. The van der Waals surface area contributed by atoms with Crippen LogP contribution in [-0.4, -0.2) is 20.2 Å². The summed E-state index contributed by atoms with van der Waals surface area (Å²) in [5.74, 6) is 1.01. The highest BCUT2D eigenvalue weighted by molar-refractivity contribution is 5.71. The molecule has 1 aromatic rings. The smallest absolute Gasteiger partial charge is 0.129 e. The zero-order valence-electron chi connectivity index (χ0n) is 13.0. The van der Waals surface area contributed by atoms with Crippen molar-refractivity contribution in [2.24, 2.45) is 0 Å². The average Bonchev–Trinajstić information content (AvgIpc) is 2.41. The van der Waals surface area contributed by atoms with Crippen molar-refractivity contribution in [3.05, 3.63) is 34.9 Å². The molecular formula is C17H27NO. The van der Waals surface area contributed by atoms with Crippen LogP contribution in [-0.2, 0) is 0 Å². The first-order valence-electron chi connectivity index (χ1n) is 7.13. The molecule has 0 aliphatic carbocycles. The fourth-order valence-electron chi connectivity index (χ4n) is 2.17. The highest BCUT2D eigenvalue weighted by atomic mass is 16.5. The van der Waals surface area contributed by atoms with Gasteiger partial charge in [0.25, 0.3) is 0 Å². The SMILES string of the molecule is CCCNCC/C=C(/C)c1ccc(C)c(C)c1OC. The van der Waals surface area contributed by atoms with Gasteiger partial charge < -0.3 is 10.1 Å². The maximum absolute atomic E-state index is 5.57. The van der Waals surface area contributed by atoms with Crippen LogP contribution in [0.1, 0.15) is 43.4 Å². The van der Waals surface area contributed by atoms with E-state index in [9.17, 15) is 0 Å². The van der Waals surface area contributed by atoms with Crippen LogP contribution in [0.25, 0.3) is 5.57 Å². The maximum atomic E-state index is 5.57. The Labute approximate surface area is 117 Å². The van der Waals surface area contributed by atoms with Crippen LogP contribution in [0.4, 0.5) is 0 Å². The zero-order chi connectivity index (χ0) is 14.3. The predicted octanol–water partition coefficient (Wildman–Crippen LogP) is 4.11. The standard InChI is InChI=1S/C17H27NO/c1-6-11-18-12-7-8-14(3)16-10-9-13(2)15(4)17(16)19-5/h8-10,18H,6-7,11-12H2,1-5H3/b14-8-. The molecule has 0 amide bonds. The molecule has 0 bridgehead atoms. The Morgan fingerprint density at radius 2 is 2.00 bits per heavy atom. The van der Waals surface area contributed by atoms with Gasteiger partial charge in [-0.3, -0.25) is 0 Å². The lowest BCUT2D eigenvalue weighted by molar-refractivity contribution is 0.410. The molecule has 0 saturated heterocycles. The van der Waals surface area contributed by atoms with Crippen molar-refractivity contribution in [2.75, 3.05) is 20.2 Å². The summed E-state index contributed by atoms with van der Waals surface area (Å²) in [4.78, 5) is 0. The number of methoxy groups -OCH3 is 1. The molecule has 2 heteroatoms. The number of ether oxygens (including phenoxy) is 1. The van der Waals surface area contributed by atoms with Gasteiger partial charge in [0.05, 0.1) is 7.11 Å². The molecule has 106 valence electrons. The van der Waals surface area contributed by atoms with Crippen LogP contribution >= 0.6 is 0 Å². The number of rotatable bonds is 7. The minimum absolute atomic E-state index is 1.01. The van der Waals surface area contributed by atoms with Crippen molar-refractivity contribution in [3.63, 3.8) is 0 Å². The normalized spacial score (nSPS) is 11.7. The fourth-order valence-corrected chi connectivity index (χ4v) is 2.17. The summed E-state index contributed by atoms with van der Waals surface area (Å²) in [5.41, 5.74) is 5.01. The topological polar surface area (TPSA) is 21.3 Å². The van der Waals surface area contributed by atoms with Crippen LogP contribution in [0.15, 0.2) is 18.2 Å². The van der Waals surface area contributed by atoms with E-state index in [0.29, 0.717) is 0 Å². The highest BCUT2D eigenvalue weighted by Gasteiger charge is 2.09. The summed E-state index contributed by atoms with van der Waals surface area (Å²) in [6.45, 7) is 10.7. The summed E-state index contributed by atoms with van der Waals surface area (Å²) in [6, 6.07) is 4.33. The first-order valence-corrected chi connectivity index (χ1v) is 7.13. The molecule has 19 heavy (non-hydrogen) atoms. The molecule has 0 fully saturated rings. The Kier molecular flexibility index (Phi) is 6.65. The highest BCUT2D eigenvalue weighted by Crippen LogP contribution is 2.31. The third-order valence-electron chi connectivity index (χ3n) is 3.50. The molecule has 0 spiro atoms. The molecule has 0 aliphatic rings. The number of nitrogens with one attached hydrogen (secondary N) is 1. The molecule has 1 aromatic carbocycles. The van der Waals surface area contributed by atoms with E-state index in [-0.39, 0.29) is 0 Å². The molecule has 0 aromatic heterocycles. The van der Waals surface area contributed by atoms with Crippen molar-refractivity contribution >= 4 is 5.57 Å². The van der Waals surface area contributed by atoms with Crippen LogP contribution in [0.5, 0.6) is 5.75 Å². The van der Waals surface area contributed by atoms with E-state index in [1.807, 2.05) is 0 Å². The van der Waals surface area contributed by atoms with E-state index >= 15 is 0 Å². The minimum atomic E-state index is 1.01. The second kappa shape index (κ2) is 8.00. The summed E-state index contributed by atoms with van der Waals surface area (Å²) in [5, 5.41) is 3.42. The van der Waals surface area contributed by atoms with E-state index < -0.39 is 0 Å². The monoisotopic (exact) mass is 261 g/mol. The number of aryl methyl sites for hydroxylation is 1. The summed E-state index contributed by atoms with van der Waals surface area (Å²) < 4.78 is 5.57. The molecule has 0 atom stereocenters. The number of hydrogen-bond donors (Lipinski definition) is 1. The van der Waals surface area contributed by atoms with Crippen molar-refractivity contribution in [3.8, 4) is 5.75 Å². The van der Waals surface area contributed by atoms with Gasteiger partial charge in [0.1, 0.15) is 5.75 Å². The van der Waals surface area contributed by atoms with E-state index in [4.69, 9.17) is 4.74 Å². The van der Waals surface area contributed by atoms with Crippen molar-refractivity contribution < 1.29 is 4.74 Å². The van der Waals surface area contributed by atoms with Crippen LogP contribution in [0.3, 0.4) is 0 Å². The van der Waals surface area contributed by atoms with Gasteiger partial charge in [-0.1, -0.05) is 25.1 Å². The van der Waals surface area contributed by atoms with Gasteiger partial charge in [-0.15, -0.1) is 0 Å². The first kappa shape index (κ1) is 15.8. The van der Waals surface area contributed by atoms with Gasteiger partial charge in [0.15, 0.2) is 0 Å². The lowest BCUT2D eigenvalue weighted by Crippen LogP contribution is -2.15. The largest absolute Gasteiger partial charge is 0.496 e. The van der Waals surface area contributed by atoms with Gasteiger partial charge in [0, 0.05) is 5.56 Å². The third-order valence-corrected chi connectivity index (χ3v) is 3.50. The Morgan fingerprint density at radius 1 is 1.26 bits per heavy atom. The second-order valence-electron chi connectivity index (χ2n) is 5.01. The van der Waals surface area contributed by atoms with Gasteiger partial charge in [-0.05, 0) is 63.4 Å². The number of allylic oxidation sites excluding steroid dienone is 1. The average molecular weight is 261 g/mol. The summed E-state index contributed by atoms with van der Waals surface area (Å²) >= 11 is 0. The van der Waals surface area contributed by atoms with E-state index in [0.717, 1.165) is 25.3 Å². The Bertz CT molecular complexity index is 435. The molecule has 0 saturated carbocycles. The quantitative estimate of drug-likeness (QED) is 0.746.